The van der Waals surface area contributed by atoms with Crippen LogP contribution in [0.1, 0.15) is 20.8 Å². The maximum absolute atomic E-state index is 11.1. The molecule has 0 saturated heterocycles. The number of hydrogen-bond donors (Lipinski definition) is 2. The topological polar surface area (TPSA) is 66.4 Å². The summed E-state index contributed by atoms with van der Waals surface area (Å²) >= 11 is 0. The predicted molar refractivity (Wildman–Crippen MR) is 49.2 cm³/mol. The summed E-state index contributed by atoms with van der Waals surface area (Å²) in [7, 11) is 0. The monoisotopic (exact) mass is 185 g/mol. The van der Waals surface area contributed by atoms with Gasteiger partial charge in [-0.1, -0.05) is 20.4 Å². The molecule has 0 saturated carbocycles. The van der Waals surface area contributed by atoms with Crippen molar-refractivity contribution in [2.24, 2.45) is 5.92 Å². The van der Waals surface area contributed by atoms with E-state index < -0.39 is 17.9 Å². The number of hydrogen-bond acceptors (Lipinski definition) is 2. The van der Waals surface area contributed by atoms with Crippen LogP contribution in [-0.2, 0) is 9.59 Å². The minimum atomic E-state index is -1.02. The van der Waals surface area contributed by atoms with Gasteiger partial charge in [0, 0.05) is 5.57 Å². The molecule has 0 heterocycles. The first kappa shape index (κ1) is 11.7. The Hall–Kier alpha value is -1.32. The summed E-state index contributed by atoms with van der Waals surface area (Å²) in [5.41, 5.74) is 0.312. The summed E-state index contributed by atoms with van der Waals surface area (Å²) in [6.45, 7) is 8.43. The third kappa shape index (κ3) is 3.73. The number of nitrogens with one attached hydrogen (secondary N) is 1. The Labute approximate surface area is 77.6 Å². The van der Waals surface area contributed by atoms with Gasteiger partial charge < -0.3 is 10.4 Å². The number of carbonyl (C=O) groups is 2. The average molecular weight is 185 g/mol. The highest BCUT2D eigenvalue weighted by Gasteiger charge is 2.23. The molecule has 0 spiro atoms. The van der Waals surface area contributed by atoms with Gasteiger partial charge in [0.25, 0.3) is 0 Å². The molecule has 1 atom stereocenters. The fourth-order valence-corrected chi connectivity index (χ4v) is 0.778. The highest BCUT2D eigenvalue weighted by Crippen LogP contribution is 2.02. The Kier molecular flexibility index (Phi) is 4.17. The molecule has 0 aromatic carbocycles. The van der Waals surface area contributed by atoms with Crippen LogP contribution in [0.4, 0.5) is 0 Å². The first-order valence-electron chi connectivity index (χ1n) is 4.05. The molecule has 0 fully saturated rings. The van der Waals surface area contributed by atoms with Gasteiger partial charge in [0.1, 0.15) is 6.04 Å². The molecule has 2 N–H and O–H groups in total. The maximum atomic E-state index is 11.1. The first-order chi connectivity index (χ1) is 5.86. The maximum Gasteiger partial charge on any atom is 0.326 e. The van der Waals surface area contributed by atoms with Gasteiger partial charge in [-0.2, -0.15) is 0 Å². The normalized spacial score (nSPS) is 12.3. The highest BCUT2D eigenvalue weighted by molar-refractivity contribution is 5.94. The Bertz CT molecular complexity index is 233. The van der Waals surface area contributed by atoms with E-state index in [2.05, 4.69) is 11.9 Å². The number of carbonyl (C=O) groups excluding carboxylic acids is 1. The van der Waals surface area contributed by atoms with Gasteiger partial charge in [0.05, 0.1) is 0 Å². The van der Waals surface area contributed by atoms with Crippen molar-refractivity contribution in [2.45, 2.75) is 26.8 Å². The Morgan fingerprint density at radius 2 is 1.85 bits per heavy atom. The van der Waals surface area contributed by atoms with Crippen LogP contribution in [0, 0.1) is 5.92 Å². The zero-order valence-electron chi connectivity index (χ0n) is 8.13. The lowest BCUT2D eigenvalue weighted by atomic mass is 10.0. The molecule has 1 amide bonds. The highest BCUT2D eigenvalue weighted by atomic mass is 16.4. The molecule has 0 aromatic heterocycles. The van der Waals surface area contributed by atoms with Crippen molar-refractivity contribution >= 4 is 11.9 Å². The second kappa shape index (κ2) is 4.64. The third-order valence-electron chi connectivity index (χ3n) is 1.61. The Balaban J connectivity index is 4.36. The van der Waals surface area contributed by atoms with Crippen molar-refractivity contribution in [2.75, 3.05) is 0 Å². The van der Waals surface area contributed by atoms with E-state index in [1.54, 1.807) is 13.8 Å². The van der Waals surface area contributed by atoms with E-state index in [0.29, 0.717) is 5.57 Å². The number of carboxylic acid groups (broad SMARTS) is 1. The molecule has 0 aromatic rings. The number of carboxylic acids is 1. The SMILES string of the molecule is C=C(C)C(=O)NC(C(=O)O)C(C)C. The van der Waals surface area contributed by atoms with Crippen LogP contribution in [0.2, 0.25) is 0 Å². The predicted octanol–water partition coefficient (Wildman–Crippen LogP) is 0.788. The van der Waals surface area contributed by atoms with E-state index >= 15 is 0 Å². The first-order valence-corrected chi connectivity index (χ1v) is 4.05. The van der Waals surface area contributed by atoms with Gasteiger partial charge in [-0.3, -0.25) is 4.79 Å². The van der Waals surface area contributed by atoms with E-state index in [1.807, 2.05) is 0 Å². The smallest absolute Gasteiger partial charge is 0.326 e. The van der Waals surface area contributed by atoms with Crippen LogP contribution in [0.5, 0.6) is 0 Å². The molecule has 4 heteroatoms. The van der Waals surface area contributed by atoms with E-state index in [9.17, 15) is 9.59 Å². The number of amides is 1. The van der Waals surface area contributed by atoms with Gasteiger partial charge in [-0.15, -0.1) is 0 Å². The van der Waals surface area contributed by atoms with Crippen LogP contribution in [0.25, 0.3) is 0 Å². The van der Waals surface area contributed by atoms with Crippen molar-refractivity contribution < 1.29 is 14.7 Å². The minimum absolute atomic E-state index is 0.138. The van der Waals surface area contributed by atoms with Gasteiger partial charge in [0.2, 0.25) is 5.91 Å². The largest absolute Gasteiger partial charge is 0.480 e. The van der Waals surface area contributed by atoms with Crippen LogP contribution in [-0.4, -0.2) is 23.0 Å². The molecule has 0 aliphatic heterocycles. The quantitative estimate of drug-likeness (QED) is 0.636. The summed E-state index contributed by atoms with van der Waals surface area (Å²) in [5.74, 6) is -1.58. The summed E-state index contributed by atoms with van der Waals surface area (Å²) in [5, 5.41) is 11.1. The van der Waals surface area contributed by atoms with Gasteiger partial charge in [0.15, 0.2) is 0 Å². The Morgan fingerprint density at radius 3 is 2.08 bits per heavy atom. The minimum Gasteiger partial charge on any atom is -0.480 e. The molecule has 0 rings (SSSR count). The summed E-state index contributed by atoms with van der Waals surface area (Å²) in [6.07, 6.45) is 0. The Morgan fingerprint density at radius 1 is 1.38 bits per heavy atom. The van der Waals surface area contributed by atoms with Crippen LogP contribution in [0.15, 0.2) is 12.2 Å². The van der Waals surface area contributed by atoms with Crippen molar-refractivity contribution in [3.8, 4) is 0 Å². The molecule has 0 aliphatic carbocycles. The van der Waals surface area contributed by atoms with Crippen molar-refractivity contribution in [3.63, 3.8) is 0 Å². The van der Waals surface area contributed by atoms with E-state index in [0.717, 1.165) is 0 Å². The summed E-state index contributed by atoms with van der Waals surface area (Å²) in [6, 6.07) is -0.843. The molecule has 4 nitrogen and oxygen atoms in total. The van der Waals surface area contributed by atoms with Gasteiger partial charge in [-0.25, -0.2) is 4.79 Å². The average Bonchev–Trinajstić information content (AvgIpc) is 1.97. The zero-order chi connectivity index (χ0) is 10.6. The lowest BCUT2D eigenvalue weighted by Crippen LogP contribution is -2.44. The van der Waals surface area contributed by atoms with Crippen LogP contribution in [0.3, 0.4) is 0 Å². The van der Waals surface area contributed by atoms with Crippen molar-refractivity contribution in [1.29, 1.82) is 0 Å². The third-order valence-corrected chi connectivity index (χ3v) is 1.61. The number of aliphatic carboxylic acids is 1. The molecule has 0 bridgehead atoms. The van der Waals surface area contributed by atoms with Crippen molar-refractivity contribution in [3.05, 3.63) is 12.2 Å². The molecule has 0 aliphatic rings. The molecular weight excluding hydrogens is 170 g/mol. The lowest BCUT2D eigenvalue weighted by Gasteiger charge is -2.17. The van der Waals surface area contributed by atoms with E-state index in [1.165, 1.54) is 6.92 Å². The summed E-state index contributed by atoms with van der Waals surface area (Å²) in [4.78, 5) is 21.7. The zero-order valence-corrected chi connectivity index (χ0v) is 8.13. The van der Waals surface area contributed by atoms with E-state index in [-0.39, 0.29) is 5.92 Å². The fourth-order valence-electron chi connectivity index (χ4n) is 0.778. The molecule has 74 valence electrons. The second-order valence-electron chi connectivity index (χ2n) is 3.31. The van der Waals surface area contributed by atoms with Gasteiger partial charge >= 0.3 is 5.97 Å². The molecule has 13 heavy (non-hydrogen) atoms. The van der Waals surface area contributed by atoms with Crippen LogP contribution < -0.4 is 5.32 Å². The molecular formula is C9H15NO3. The molecule has 1 unspecified atom stereocenters. The second-order valence-corrected chi connectivity index (χ2v) is 3.31. The number of rotatable bonds is 4. The van der Waals surface area contributed by atoms with Gasteiger partial charge in [-0.05, 0) is 12.8 Å². The standard InChI is InChI=1S/C9H15NO3/c1-5(2)7(9(12)13)10-8(11)6(3)4/h5,7H,3H2,1-2,4H3,(H,10,11)(H,12,13). The summed E-state index contributed by atoms with van der Waals surface area (Å²) < 4.78 is 0. The fraction of sp³-hybridized carbons (Fsp3) is 0.556. The lowest BCUT2D eigenvalue weighted by molar-refractivity contribution is -0.142. The van der Waals surface area contributed by atoms with Crippen LogP contribution >= 0.6 is 0 Å². The molecule has 0 radical (unpaired) electrons. The van der Waals surface area contributed by atoms with Crippen molar-refractivity contribution in [1.82, 2.24) is 5.32 Å². The van der Waals surface area contributed by atoms with E-state index in [4.69, 9.17) is 5.11 Å².